The van der Waals surface area contributed by atoms with Crippen molar-refractivity contribution in [1.82, 2.24) is 15.5 Å². The van der Waals surface area contributed by atoms with Crippen LogP contribution in [0.4, 0.5) is 0 Å². The normalized spacial score (nSPS) is 20.3. The fourth-order valence-corrected chi connectivity index (χ4v) is 3.38. The molecule has 6 heteroatoms. The zero-order valence-electron chi connectivity index (χ0n) is 17.0. The minimum absolute atomic E-state index is 0. The monoisotopic (exact) mass is 486 g/mol. The molecule has 1 heterocycles. The molecule has 3 rings (SSSR count). The Morgan fingerprint density at radius 3 is 2.74 bits per heavy atom. The third kappa shape index (κ3) is 7.14. The molecule has 2 fully saturated rings. The summed E-state index contributed by atoms with van der Waals surface area (Å²) in [5.41, 5.74) is 2.39. The number of aryl methyl sites for hydroxylation is 1. The van der Waals surface area contributed by atoms with Crippen molar-refractivity contribution in [2.75, 3.05) is 33.3 Å². The van der Waals surface area contributed by atoms with Gasteiger partial charge in [-0.1, -0.05) is 12.1 Å². The lowest BCUT2D eigenvalue weighted by Crippen LogP contribution is -2.44. The molecule has 5 nitrogen and oxygen atoms in total. The van der Waals surface area contributed by atoms with Crippen molar-refractivity contribution < 1.29 is 4.74 Å². The van der Waals surface area contributed by atoms with Gasteiger partial charge in [-0.25, -0.2) is 4.99 Å². The lowest BCUT2D eigenvalue weighted by molar-refractivity contribution is 0.296. The van der Waals surface area contributed by atoms with Crippen LogP contribution in [0.15, 0.2) is 23.2 Å². The lowest BCUT2D eigenvalue weighted by atomic mass is 10.1. The Balaban J connectivity index is 0.00000261. The maximum atomic E-state index is 6.07. The standard InChI is InChI=1S/C21H34N4O.HI/c1-4-22-21(24-14-19-6-5-11-25(19)3)23-13-18-10-7-16(2)12-20(18)26-15-17-8-9-17;/h7,10,12,17,19H,4-6,8-9,11,13-15H2,1-3H3,(H2,22,23,24);1H. The predicted octanol–water partition coefficient (Wildman–Crippen LogP) is 3.55. The van der Waals surface area contributed by atoms with E-state index < -0.39 is 0 Å². The molecule has 0 amide bonds. The average Bonchev–Trinajstić information content (AvgIpc) is 3.37. The van der Waals surface area contributed by atoms with Crippen LogP contribution in [-0.4, -0.2) is 50.2 Å². The fraction of sp³-hybridized carbons (Fsp3) is 0.667. The summed E-state index contributed by atoms with van der Waals surface area (Å²) in [4.78, 5) is 7.23. The molecule has 0 radical (unpaired) electrons. The minimum atomic E-state index is 0. The second-order valence-corrected chi connectivity index (χ2v) is 7.72. The van der Waals surface area contributed by atoms with Gasteiger partial charge in [-0.05, 0) is 70.7 Å². The largest absolute Gasteiger partial charge is 0.493 e. The van der Waals surface area contributed by atoms with Gasteiger partial charge in [-0.3, -0.25) is 0 Å². The summed E-state index contributed by atoms with van der Waals surface area (Å²) in [5.74, 6) is 2.64. The van der Waals surface area contributed by atoms with E-state index in [1.54, 1.807) is 0 Å². The number of likely N-dealkylation sites (tertiary alicyclic amines) is 1. The lowest BCUT2D eigenvalue weighted by Gasteiger charge is -2.21. The molecule has 1 atom stereocenters. The predicted molar refractivity (Wildman–Crippen MR) is 123 cm³/mol. The molecule has 2 aliphatic rings. The number of ether oxygens (including phenoxy) is 1. The first-order chi connectivity index (χ1) is 12.7. The molecule has 27 heavy (non-hydrogen) atoms. The third-order valence-electron chi connectivity index (χ3n) is 5.32. The second kappa shape index (κ2) is 11.1. The Morgan fingerprint density at radius 2 is 2.07 bits per heavy atom. The van der Waals surface area contributed by atoms with Crippen molar-refractivity contribution in [2.24, 2.45) is 10.9 Å². The van der Waals surface area contributed by atoms with Crippen molar-refractivity contribution in [3.05, 3.63) is 29.3 Å². The molecule has 0 aromatic heterocycles. The molecule has 1 saturated heterocycles. The molecule has 2 N–H and O–H groups in total. The van der Waals surface area contributed by atoms with Crippen LogP contribution in [0.25, 0.3) is 0 Å². The van der Waals surface area contributed by atoms with Gasteiger partial charge in [0.25, 0.3) is 0 Å². The van der Waals surface area contributed by atoms with E-state index in [1.165, 1.54) is 37.8 Å². The molecule has 1 saturated carbocycles. The van der Waals surface area contributed by atoms with E-state index in [-0.39, 0.29) is 24.0 Å². The van der Waals surface area contributed by atoms with Crippen LogP contribution in [0, 0.1) is 12.8 Å². The Hall–Kier alpha value is -1.02. The molecule has 1 aromatic rings. The highest BCUT2D eigenvalue weighted by atomic mass is 127. The van der Waals surface area contributed by atoms with Gasteiger partial charge in [-0.15, -0.1) is 24.0 Å². The molecular weight excluding hydrogens is 451 g/mol. The van der Waals surface area contributed by atoms with Gasteiger partial charge >= 0.3 is 0 Å². The van der Waals surface area contributed by atoms with Crippen LogP contribution in [0.5, 0.6) is 5.75 Å². The summed E-state index contributed by atoms with van der Waals surface area (Å²) < 4.78 is 6.07. The fourth-order valence-electron chi connectivity index (χ4n) is 3.38. The van der Waals surface area contributed by atoms with Crippen molar-refractivity contribution in [3.8, 4) is 5.75 Å². The first kappa shape index (κ1) is 22.3. The highest BCUT2D eigenvalue weighted by Gasteiger charge is 2.22. The van der Waals surface area contributed by atoms with Crippen LogP contribution in [0.1, 0.15) is 43.7 Å². The van der Waals surface area contributed by atoms with E-state index in [0.29, 0.717) is 12.6 Å². The topological polar surface area (TPSA) is 48.9 Å². The van der Waals surface area contributed by atoms with E-state index in [4.69, 9.17) is 9.73 Å². The first-order valence-electron chi connectivity index (χ1n) is 10.1. The van der Waals surface area contributed by atoms with Crippen molar-refractivity contribution >= 4 is 29.9 Å². The SMILES string of the molecule is CCNC(=NCc1ccc(C)cc1OCC1CC1)NCC1CCCN1C.I. The maximum absolute atomic E-state index is 6.07. The van der Waals surface area contributed by atoms with Gasteiger partial charge in [0.15, 0.2) is 5.96 Å². The molecule has 1 aliphatic carbocycles. The van der Waals surface area contributed by atoms with Crippen LogP contribution >= 0.6 is 24.0 Å². The van der Waals surface area contributed by atoms with Crippen molar-refractivity contribution in [2.45, 2.75) is 52.1 Å². The number of hydrogen-bond acceptors (Lipinski definition) is 3. The number of hydrogen-bond donors (Lipinski definition) is 2. The third-order valence-corrected chi connectivity index (χ3v) is 5.32. The van der Waals surface area contributed by atoms with Gasteiger partial charge < -0.3 is 20.3 Å². The summed E-state index contributed by atoms with van der Waals surface area (Å²) >= 11 is 0. The Kier molecular flexibility index (Phi) is 9.15. The maximum Gasteiger partial charge on any atom is 0.191 e. The zero-order chi connectivity index (χ0) is 18.4. The number of nitrogens with zero attached hydrogens (tertiary/aromatic N) is 2. The van der Waals surface area contributed by atoms with E-state index >= 15 is 0 Å². The summed E-state index contributed by atoms with van der Waals surface area (Å²) in [6.45, 7) is 8.70. The quantitative estimate of drug-likeness (QED) is 0.335. The number of rotatable bonds is 8. The second-order valence-electron chi connectivity index (χ2n) is 7.72. The molecular formula is C21H35IN4O. The summed E-state index contributed by atoms with van der Waals surface area (Å²) in [5, 5.41) is 6.87. The molecule has 0 bridgehead atoms. The summed E-state index contributed by atoms with van der Waals surface area (Å²) in [6, 6.07) is 7.04. The summed E-state index contributed by atoms with van der Waals surface area (Å²) in [6.07, 6.45) is 5.18. The van der Waals surface area contributed by atoms with E-state index in [0.717, 1.165) is 42.9 Å². The van der Waals surface area contributed by atoms with Gasteiger partial charge in [0.2, 0.25) is 0 Å². The average molecular weight is 486 g/mol. The van der Waals surface area contributed by atoms with Gasteiger partial charge in [0.1, 0.15) is 5.75 Å². The highest BCUT2D eigenvalue weighted by Crippen LogP contribution is 2.31. The molecule has 152 valence electrons. The number of likely N-dealkylation sites (N-methyl/N-ethyl adjacent to an activating group) is 1. The Bertz CT molecular complexity index is 618. The van der Waals surface area contributed by atoms with Gasteiger partial charge in [-0.2, -0.15) is 0 Å². The highest BCUT2D eigenvalue weighted by molar-refractivity contribution is 14.0. The molecule has 1 aromatic carbocycles. The van der Waals surface area contributed by atoms with Crippen LogP contribution in [0.2, 0.25) is 0 Å². The van der Waals surface area contributed by atoms with Gasteiger partial charge in [0, 0.05) is 24.7 Å². The van der Waals surface area contributed by atoms with E-state index in [2.05, 4.69) is 54.6 Å². The molecule has 1 unspecified atom stereocenters. The smallest absolute Gasteiger partial charge is 0.191 e. The van der Waals surface area contributed by atoms with E-state index in [1.807, 2.05) is 0 Å². The number of halogens is 1. The van der Waals surface area contributed by atoms with Crippen LogP contribution in [-0.2, 0) is 6.54 Å². The number of aliphatic imine (C=N–C) groups is 1. The van der Waals surface area contributed by atoms with Gasteiger partial charge in [0.05, 0.1) is 13.2 Å². The Morgan fingerprint density at radius 1 is 1.26 bits per heavy atom. The first-order valence-corrected chi connectivity index (χ1v) is 10.1. The number of nitrogens with one attached hydrogen (secondary N) is 2. The zero-order valence-corrected chi connectivity index (χ0v) is 19.3. The van der Waals surface area contributed by atoms with Crippen LogP contribution < -0.4 is 15.4 Å². The van der Waals surface area contributed by atoms with Crippen molar-refractivity contribution in [3.63, 3.8) is 0 Å². The Labute approximate surface area is 181 Å². The minimum Gasteiger partial charge on any atom is -0.493 e. The number of guanidine groups is 1. The van der Waals surface area contributed by atoms with Crippen LogP contribution in [0.3, 0.4) is 0 Å². The summed E-state index contributed by atoms with van der Waals surface area (Å²) in [7, 11) is 2.21. The molecule has 0 spiro atoms. The van der Waals surface area contributed by atoms with E-state index in [9.17, 15) is 0 Å². The number of benzene rings is 1. The molecule has 1 aliphatic heterocycles. The van der Waals surface area contributed by atoms with Crippen molar-refractivity contribution in [1.29, 1.82) is 0 Å².